The molecular formula is C16H22FN3S. The molecule has 0 radical (unpaired) electrons. The lowest BCUT2D eigenvalue weighted by Crippen LogP contribution is -2.26. The zero-order valence-electron chi connectivity index (χ0n) is 12.8. The van der Waals surface area contributed by atoms with Gasteiger partial charge in [-0.25, -0.2) is 9.37 Å². The van der Waals surface area contributed by atoms with Gasteiger partial charge in [0.15, 0.2) is 11.6 Å². The first kappa shape index (κ1) is 15.9. The van der Waals surface area contributed by atoms with Gasteiger partial charge < -0.3 is 10.2 Å². The van der Waals surface area contributed by atoms with Gasteiger partial charge in [0.1, 0.15) is 0 Å². The number of thiophene rings is 1. The van der Waals surface area contributed by atoms with Crippen LogP contribution in [0.5, 0.6) is 0 Å². The van der Waals surface area contributed by atoms with E-state index in [1.165, 1.54) is 4.88 Å². The predicted molar refractivity (Wildman–Crippen MR) is 87.2 cm³/mol. The van der Waals surface area contributed by atoms with Crippen molar-refractivity contribution in [2.24, 2.45) is 0 Å². The van der Waals surface area contributed by atoms with Gasteiger partial charge in [-0.3, -0.25) is 0 Å². The van der Waals surface area contributed by atoms with Crippen LogP contribution in [0.3, 0.4) is 0 Å². The van der Waals surface area contributed by atoms with Gasteiger partial charge >= 0.3 is 0 Å². The summed E-state index contributed by atoms with van der Waals surface area (Å²) in [7, 11) is 0. The summed E-state index contributed by atoms with van der Waals surface area (Å²) in [6.07, 6.45) is 1.69. The van der Waals surface area contributed by atoms with Crippen LogP contribution in [-0.4, -0.2) is 17.6 Å². The van der Waals surface area contributed by atoms with E-state index in [1.807, 2.05) is 23.3 Å². The maximum atomic E-state index is 14.6. The lowest BCUT2D eigenvalue weighted by Gasteiger charge is -2.22. The van der Waals surface area contributed by atoms with Crippen molar-refractivity contribution in [3.05, 3.63) is 46.0 Å². The summed E-state index contributed by atoms with van der Waals surface area (Å²) in [6, 6.07) is 6.15. The van der Waals surface area contributed by atoms with Crippen LogP contribution in [0.4, 0.5) is 10.2 Å². The van der Waals surface area contributed by atoms with Crippen molar-refractivity contribution < 1.29 is 4.39 Å². The van der Waals surface area contributed by atoms with Gasteiger partial charge in [-0.05, 0) is 24.4 Å². The molecule has 0 spiro atoms. The highest BCUT2D eigenvalue weighted by Gasteiger charge is 2.16. The number of hydrogen-bond acceptors (Lipinski definition) is 4. The van der Waals surface area contributed by atoms with Gasteiger partial charge in [-0.15, -0.1) is 11.3 Å². The van der Waals surface area contributed by atoms with E-state index in [-0.39, 0.29) is 5.82 Å². The maximum Gasteiger partial charge on any atom is 0.170 e. The standard InChI is InChI=1S/C16H22FN3S/c1-4-20(11-14-6-5-9-21-14)16-15(17)13(7-8-18-16)10-19-12(2)3/h5-9,12,19H,4,10-11H2,1-3H3. The minimum Gasteiger partial charge on any atom is -0.349 e. The Balaban J connectivity index is 2.18. The smallest absolute Gasteiger partial charge is 0.170 e. The molecule has 2 heterocycles. The SMILES string of the molecule is CCN(Cc1cccs1)c1nccc(CNC(C)C)c1F. The third-order valence-corrected chi connectivity index (χ3v) is 4.12. The Kier molecular flexibility index (Phi) is 5.70. The topological polar surface area (TPSA) is 28.2 Å². The molecule has 0 aliphatic heterocycles. The van der Waals surface area contributed by atoms with Gasteiger partial charge in [0, 0.05) is 35.8 Å². The quantitative estimate of drug-likeness (QED) is 0.843. The Morgan fingerprint density at radius 1 is 1.38 bits per heavy atom. The first-order valence-corrected chi connectivity index (χ1v) is 8.13. The molecule has 2 rings (SSSR count). The summed E-state index contributed by atoms with van der Waals surface area (Å²) >= 11 is 1.68. The zero-order valence-corrected chi connectivity index (χ0v) is 13.6. The van der Waals surface area contributed by atoms with E-state index in [4.69, 9.17) is 0 Å². The molecule has 0 fully saturated rings. The molecule has 0 atom stereocenters. The molecule has 0 saturated heterocycles. The fraction of sp³-hybridized carbons (Fsp3) is 0.438. The van der Waals surface area contributed by atoms with Gasteiger partial charge in [0.25, 0.3) is 0 Å². The molecule has 0 aromatic carbocycles. The highest BCUT2D eigenvalue weighted by molar-refractivity contribution is 7.09. The number of rotatable bonds is 7. The summed E-state index contributed by atoms with van der Waals surface area (Å²) in [4.78, 5) is 7.43. The molecule has 5 heteroatoms. The van der Waals surface area contributed by atoms with Crippen molar-refractivity contribution in [3.8, 4) is 0 Å². The van der Waals surface area contributed by atoms with E-state index in [9.17, 15) is 4.39 Å². The van der Waals surface area contributed by atoms with Gasteiger partial charge in [-0.1, -0.05) is 19.9 Å². The van der Waals surface area contributed by atoms with Crippen LogP contribution >= 0.6 is 11.3 Å². The predicted octanol–water partition coefficient (Wildman–Crippen LogP) is 3.81. The van der Waals surface area contributed by atoms with Crippen LogP contribution < -0.4 is 10.2 Å². The summed E-state index contributed by atoms with van der Waals surface area (Å²) in [5.41, 5.74) is 0.665. The van der Waals surface area contributed by atoms with Crippen molar-refractivity contribution in [1.29, 1.82) is 0 Å². The fourth-order valence-corrected chi connectivity index (χ4v) is 2.79. The van der Waals surface area contributed by atoms with Crippen LogP contribution in [0.2, 0.25) is 0 Å². The van der Waals surface area contributed by atoms with Crippen molar-refractivity contribution in [2.45, 2.75) is 39.9 Å². The lowest BCUT2D eigenvalue weighted by atomic mass is 10.2. The Hall–Kier alpha value is -1.46. The normalized spacial score (nSPS) is 11.1. The average molecular weight is 307 g/mol. The number of nitrogens with one attached hydrogen (secondary N) is 1. The van der Waals surface area contributed by atoms with E-state index in [2.05, 4.69) is 30.2 Å². The molecule has 114 valence electrons. The molecule has 2 aromatic rings. The number of anilines is 1. The molecule has 2 aromatic heterocycles. The molecular weight excluding hydrogens is 285 g/mol. The lowest BCUT2D eigenvalue weighted by molar-refractivity contribution is 0.547. The number of aromatic nitrogens is 1. The highest BCUT2D eigenvalue weighted by Crippen LogP contribution is 2.22. The Morgan fingerprint density at radius 3 is 2.81 bits per heavy atom. The number of pyridine rings is 1. The van der Waals surface area contributed by atoms with Gasteiger partial charge in [-0.2, -0.15) is 0 Å². The summed E-state index contributed by atoms with van der Waals surface area (Å²) in [6.45, 7) is 8.07. The van der Waals surface area contributed by atoms with Crippen molar-refractivity contribution in [2.75, 3.05) is 11.4 Å². The second-order valence-electron chi connectivity index (χ2n) is 5.24. The van der Waals surface area contributed by atoms with Gasteiger partial charge in [0.2, 0.25) is 0 Å². The Labute approximate surface area is 129 Å². The molecule has 0 amide bonds. The second-order valence-corrected chi connectivity index (χ2v) is 6.27. The molecule has 0 unspecified atom stereocenters. The third kappa shape index (κ3) is 4.25. The van der Waals surface area contributed by atoms with Crippen molar-refractivity contribution >= 4 is 17.2 Å². The summed E-state index contributed by atoms with van der Waals surface area (Å²) in [5, 5.41) is 5.29. The number of hydrogen-bond donors (Lipinski definition) is 1. The van der Waals surface area contributed by atoms with E-state index in [0.717, 1.165) is 6.54 Å². The van der Waals surface area contributed by atoms with E-state index < -0.39 is 0 Å². The minimum atomic E-state index is -0.218. The van der Waals surface area contributed by atoms with E-state index in [0.29, 0.717) is 30.5 Å². The summed E-state index contributed by atoms with van der Waals surface area (Å²) < 4.78 is 14.6. The highest BCUT2D eigenvalue weighted by atomic mass is 32.1. The van der Waals surface area contributed by atoms with Crippen molar-refractivity contribution in [1.82, 2.24) is 10.3 Å². The Morgan fingerprint density at radius 2 is 2.19 bits per heavy atom. The number of nitrogens with zero attached hydrogens (tertiary/aromatic N) is 2. The maximum absolute atomic E-state index is 14.6. The first-order chi connectivity index (χ1) is 10.1. The third-order valence-electron chi connectivity index (χ3n) is 3.26. The van der Waals surface area contributed by atoms with Crippen LogP contribution in [0.25, 0.3) is 0 Å². The van der Waals surface area contributed by atoms with Gasteiger partial charge in [0.05, 0.1) is 6.54 Å². The molecule has 0 aliphatic carbocycles. The van der Waals surface area contributed by atoms with E-state index in [1.54, 1.807) is 23.6 Å². The molecule has 0 aliphatic rings. The summed E-state index contributed by atoms with van der Waals surface area (Å²) in [5.74, 6) is 0.220. The molecule has 0 saturated carbocycles. The van der Waals surface area contributed by atoms with Crippen molar-refractivity contribution in [3.63, 3.8) is 0 Å². The average Bonchev–Trinajstić information content (AvgIpc) is 2.97. The number of halogens is 1. The monoisotopic (exact) mass is 307 g/mol. The molecule has 21 heavy (non-hydrogen) atoms. The second kappa shape index (κ2) is 7.52. The zero-order chi connectivity index (χ0) is 15.2. The minimum absolute atomic E-state index is 0.218. The van der Waals surface area contributed by atoms with Crippen LogP contribution in [0.15, 0.2) is 29.8 Å². The Bertz CT molecular complexity index is 555. The fourth-order valence-electron chi connectivity index (χ4n) is 2.07. The van der Waals surface area contributed by atoms with Crippen LogP contribution in [0.1, 0.15) is 31.2 Å². The molecule has 1 N–H and O–H groups in total. The van der Waals surface area contributed by atoms with E-state index >= 15 is 0 Å². The molecule has 3 nitrogen and oxygen atoms in total. The molecule has 0 bridgehead atoms. The van der Waals surface area contributed by atoms with Crippen LogP contribution in [-0.2, 0) is 13.1 Å². The largest absolute Gasteiger partial charge is 0.349 e. The van der Waals surface area contributed by atoms with Crippen LogP contribution in [0, 0.1) is 5.82 Å². The first-order valence-electron chi connectivity index (χ1n) is 7.26.